The predicted molar refractivity (Wildman–Crippen MR) is 68.4 cm³/mol. The van der Waals surface area contributed by atoms with E-state index in [4.69, 9.17) is 10.5 Å². The van der Waals surface area contributed by atoms with Crippen LogP contribution in [0, 0.1) is 11.8 Å². The van der Waals surface area contributed by atoms with Crippen molar-refractivity contribution in [2.45, 2.75) is 51.6 Å². The van der Waals surface area contributed by atoms with Gasteiger partial charge in [-0.3, -0.25) is 0 Å². The van der Waals surface area contributed by atoms with Gasteiger partial charge in [0.1, 0.15) is 0 Å². The van der Waals surface area contributed by atoms with E-state index in [1.807, 2.05) is 0 Å². The SMILES string of the molecule is COCC(CN)(NC1CCC(C)C1)C(C)C. The molecule has 0 heterocycles. The fraction of sp³-hybridized carbons (Fsp3) is 1.00. The molecular weight excluding hydrogens is 200 g/mol. The predicted octanol–water partition coefficient (Wildman–Crippen LogP) is 1.76. The Hall–Kier alpha value is -0.120. The van der Waals surface area contributed by atoms with Crippen LogP contribution in [-0.2, 0) is 4.74 Å². The molecule has 0 amide bonds. The van der Waals surface area contributed by atoms with Crippen LogP contribution in [0.5, 0.6) is 0 Å². The van der Waals surface area contributed by atoms with Crippen LogP contribution in [0.25, 0.3) is 0 Å². The van der Waals surface area contributed by atoms with Gasteiger partial charge < -0.3 is 15.8 Å². The molecule has 16 heavy (non-hydrogen) atoms. The van der Waals surface area contributed by atoms with Crippen molar-refractivity contribution in [3.8, 4) is 0 Å². The maximum atomic E-state index is 5.97. The van der Waals surface area contributed by atoms with Gasteiger partial charge in [-0.2, -0.15) is 0 Å². The molecule has 1 saturated carbocycles. The van der Waals surface area contributed by atoms with Gasteiger partial charge in [0.2, 0.25) is 0 Å². The second-order valence-corrected chi connectivity index (χ2v) is 5.71. The lowest BCUT2D eigenvalue weighted by Gasteiger charge is -2.39. The summed E-state index contributed by atoms with van der Waals surface area (Å²) < 4.78 is 5.35. The molecule has 3 unspecified atom stereocenters. The molecule has 1 aliphatic carbocycles. The lowest BCUT2D eigenvalue weighted by molar-refractivity contribution is 0.0741. The average Bonchev–Trinajstić information content (AvgIpc) is 2.63. The van der Waals surface area contributed by atoms with Gasteiger partial charge in [0.05, 0.1) is 12.1 Å². The minimum atomic E-state index is -0.0521. The third-order valence-electron chi connectivity index (χ3n) is 4.06. The molecule has 0 spiro atoms. The van der Waals surface area contributed by atoms with Crippen LogP contribution in [0.2, 0.25) is 0 Å². The zero-order valence-corrected chi connectivity index (χ0v) is 11.3. The van der Waals surface area contributed by atoms with Gasteiger partial charge in [-0.15, -0.1) is 0 Å². The van der Waals surface area contributed by atoms with Crippen molar-refractivity contribution in [1.29, 1.82) is 0 Å². The Labute approximate surface area is 100 Å². The maximum absolute atomic E-state index is 5.97. The summed E-state index contributed by atoms with van der Waals surface area (Å²) in [6.45, 7) is 8.11. The molecular formula is C13H28N2O. The van der Waals surface area contributed by atoms with Crippen LogP contribution in [0.1, 0.15) is 40.0 Å². The van der Waals surface area contributed by atoms with Crippen LogP contribution >= 0.6 is 0 Å². The number of ether oxygens (including phenoxy) is 1. The molecule has 1 rings (SSSR count). The minimum Gasteiger partial charge on any atom is -0.383 e. The fourth-order valence-corrected chi connectivity index (χ4v) is 2.73. The summed E-state index contributed by atoms with van der Waals surface area (Å²) in [5, 5.41) is 3.76. The van der Waals surface area contributed by atoms with Gasteiger partial charge in [0.15, 0.2) is 0 Å². The summed E-state index contributed by atoms with van der Waals surface area (Å²) in [6.07, 6.45) is 3.89. The van der Waals surface area contributed by atoms with Gasteiger partial charge >= 0.3 is 0 Å². The molecule has 0 bridgehead atoms. The van der Waals surface area contributed by atoms with Crippen LogP contribution in [0.3, 0.4) is 0 Å². The van der Waals surface area contributed by atoms with Crippen LogP contribution in [-0.4, -0.2) is 31.8 Å². The largest absolute Gasteiger partial charge is 0.383 e. The Morgan fingerprint density at radius 1 is 1.44 bits per heavy atom. The monoisotopic (exact) mass is 228 g/mol. The van der Waals surface area contributed by atoms with E-state index in [1.54, 1.807) is 7.11 Å². The number of methoxy groups -OCH3 is 1. The topological polar surface area (TPSA) is 47.3 Å². The molecule has 3 heteroatoms. The van der Waals surface area contributed by atoms with E-state index >= 15 is 0 Å². The molecule has 0 aliphatic heterocycles. The second kappa shape index (κ2) is 5.99. The van der Waals surface area contributed by atoms with Crippen molar-refractivity contribution in [1.82, 2.24) is 5.32 Å². The molecule has 0 radical (unpaired) electrons. The van der Waals surface area contributed by atoms with Gasteiger partial charge in [0.25, 0.3) is 0 Å². The molecule has 1 fully saturated rings. The average molecular weight is 228 g/mol. The Balaban J connectivity index is 2.62. The Bertz CT molecular complexity index is 208. The lowest BCUT2D eigenvalue weighted by atomic mass is 9.86. The number of nitrogens with one attached hydrogen (secondary N) is 1. The lowest BCUT2D eigenvalue weighted by Crippen LogP contribution is -2.61. The first-order chi connectivity index (χ1) is 7.54. The molecule has 1 aliphatic rings. The number of rotatable bonds is 6. The van der Waals surface area contributed by atoms with Gasteiger partial charge in [-0.1, -0.05) is 20.8 Å². The van der Waals surface area contributed by atoms with E-state index in [1.165, 1.54) is 19.3 Å². The Kier molecular flexibility index (Phi) is 5.22. The van der Waals surface area contributed by atoms with Crippen molar-refractivity contribution in [2.75, 3.05) is 20.3 Å². The van der Waals surface area contributed by atoms with Crippen LogP contribution < -0.4 is 11.1 Å². The molecule has 3 N–H and O–H groups in total. The van der Waals surface area contributed by atoms with Crippen LogP contribution in [0.15, 0.2) is 0 Å². The molecule has 0 saturated heterocycles. The highest BCUT2D eigenvalue weighted by atomic mass is 16.5. The summed E-state index contributed by atoms with van der Waals surface area (Å²) in [5.41, 5.74) is 5.91. The second-order valence-electron chi connectivity index (χ2n) is 5.71. The summed E-state index contributed by atoms with van der Waals surface area (Å²) in [7, 11) is 1.76. The highest BCUT2D eigenvalue weighted by Gasteiger charge is 2.36. The van der Waals surface area contributed by atoms with Gasteiger partial charge in [0, 0.05) is 19.7 Å². The van der Waals surface area contributed by atoms with Gasteiger partial charge in [-0.25, -0.2) is 0 Å². The normalized spacial score (nSPS) is 29.6. The number of nitrogens with two attached hydrogens (primary N) is 1. The zero-order valence-electron chi connectivity index (χ0n) is 11.3. The van der Waals surface area contributed by atoms with E-state index < -0.39 is 0 Å². The van der Waals surface area contributed by atoms with Crippen molar-refractivity contribution >= 4 is 0 Å². The zero-order chi connectivity index (χ0) is 12.2. The molecule has 0 aromatic heterocycles. The van der Waals surface area contributed by atoms with Crippen molar-refractivity contribution in [3.05, 3.63) is 0 Å². The summed E-state index contributed by atoms with van der Waals surface area (Å²) in [5.74, 6) is 1.34. The Morgan fingerprint density at radius 3 is 2.50 bits per heavy atom. The third kappa shape index (κ3) is 3.19. The van der Waals surface area contributed by atoms with Crippen molar-refractivity contribution in [2.24, 2.45) is 17.6 Å². The quantitative estimate of drug-likeness (QED) is 0.728. The summed E-state index contributed by atoms with van der Waals surface area (Å²) >= 11 is 0. The maximum Gasteiger partial charge on any atom is 0.0659 e. The van der Waals surface area contributed by atoms with Gasteiger partial charge in [-0.05, 0) is 31.1 Å². The first-order valence-corrected chi connectivity index (χ1v) is 6.50. The first kappa shape index (κ1) is 13.9. The molecule has 0 aromatic carbocycles. The summed E-state index contributed by atoms with van der Waals surface area (Å²) in [4.78, 5) is 0. The number of hydrogen-bond acceptors (Lipinski definition) is 3. The Morgan fingerprint density at radius 2 is 2.12 bits per heavy atom. The molecule has 3 atom stereocenters. The van der Waals surface area contributed by atoms with E-state index in [0.717, 1.165) is 5.92 Å². The third-order valence-corrected chi connectivity index (χ3v) is 4.06. The first-order valence-electron chi connectivity index (χ1n) is 6.50. The molecule has 0 aromatic rings. The van der Waals surface area contributed by atoms with E-state index in [9.17, 15) is 0 Å². The van der Waals surface area contributed by atoms with Crippen LogP contribution in [0.4, 0.5) is 0 Å². The minimum absolute atomic E-state index is 0.0521. The smallest absolute Gasteiger partial charge is 0.0659 e. The standard InChI is InChI=1S/C13H28N2O/c1-10(2)13(8-14,9-16-4)15-12-6-5-11(3)7-12/h10-12,15H,5-9,14H2,1-4H3. The molecule has 3 nitrogen and oxygen atoms in total. The molecule has 96 valence electrons. The highest BCUT2D eigenvalue weighted by molar-refractivity contribution is 4.96. The van der Waals surface area contributed by atoms with Crippen molar-refractivity contribution in [3.63, 3.8) is 0 Å². The van der Waals surface area contributed by atoms with Crippen molar-refractivity contribution < 1.29 is 4.74 Å². The highest BCUT2D eigenvalue weighted by Crippen LogP contribution is 2.28. The number of hydrogen-bond donors (Lipinski definition) is 2. The fourth-order valence-electron chi connectivity index (χ4n) is 2.73. The van der Waals surface area contributed by atoms with E-state index in [-0.39, 0.29) is 5.54 Å². The van der Waals surface area contributed by atoms with E-state index in [2.05, 4.69) is 26.1 Å². The van der Waals surface area contributed by atoms with E-state index in [0.29, 0.717) is 25.1 Å². The summed E-state index contributed by atoms with van der Waals surface area (Å²) in [6, 6.07) is 0.621.